The van der Waals surface area contributed by atoms with Crippen LogP contribution < -0.4 is 0 Å². The Hall–Kier alpha value is -1.97. The number of benzene rings is 1. The van der Waals surface area contributed by atoms with Crippen LogP contribution in [0, 0.1) is 0 Å². The number of Topliss-reactive ketones (excluding diaryl/α,β-unsaturated/α-hetero) is 1. The fourth-order valence-electron chi connectivity index (χ4n) is 1.89. The predicted molar refractivity (Wildman–Crippen MR) is 69.2 cm³/mol. The van der Waals surface area contributed by atoms with Crippen LogP contribution >= 0.6 is 0 Å². The summed E-state index contributed by atoms with van der Waals surface area (Å²) >= 11 is 0. The van der Waals surface area contributed by atoms with Crippen LogP contribution in [0.3, 0.4) is 0 Å². The molecule has 0 radical (unpaired) electrons. The van der Waals surface area contributed by atoms with Crippen molar-refractivity contribution < 1.29 is 4.79 Å². The van der Waals surface area contributed by atoms with Crippen LogP contribution in [-0.2, 0) is 24.2 Å². The van der Waals surface area contributed by atoms with Gasteiger partial charge in [-0.05, 0) is 12.0 Å². The molecule has 2 aromatic rings. The van der Waals surface area contributed by atoms with E-state index in [1.165, 1.54) is 6.33 Å². The average Bonchev–Trinajstić information content (AvgIpc) is 2.78. The molecule has 4 nitrogen and oxygen atoms in total. The summed E-state index contributed by atoms with van der Waals surface area (Å²) in [6, 6.07) is 9.78. The lowest BCUT2D eigenvalue weighted by Gasteiger charge is -2.04. The quantitative estimate of drug-likeness (QED) is 0.780. The molecule has 0 aliphatic rings. The number of nitrogens with zero attached hydrogens (tertiary/aromatic N) is 3. The predicted octanol–water partition coefficient (Wildman–Crippen LogP) is 2.04. The third kappa shape index (κ3) is 3.26. The first-order chi connectivity index (χ1) is 8.79. The molecule has 0 atom stereocenters. The monoisotopic (exact) mass is 243 g/mol. The van der Waals surface area contributed by atoms with Gasteiger partial charge in [0.25, 0.3) is 0 Å². The van der Waals surface area contributed by atoms with Crippen LogP contribution in [0.5, 0.6) is 0 Å². The summed E-state index contributed by atoms with van der Waals surface area (Å²) in [4.78, 5) is 16.1. The summed E-state index contributed by atoms with van der Waals surface area (Å²) in [5, 5.41) is 4.12. The molecule has 0 aliphatic heterocycles. The normalized spacial score (nSPS) is 10.5. The molecular weight excluding hydrogens is 226 g/mol. The standard InChI is InChI=1S/C14H17N3O/c1-2-8-17-14(15-11-16-17)10-13(18)9-12-6-4-3-5-7-12/h3-7,11H,2,8-10H2,1H3. The Morgan fingerprint density at radius 1 is 1.22 bits per heavy atom. The first-order valence-electron chi connectivity index (χ1n) is 6.22. The fraction of sp³-hybridized carbons (Fsp3) is 0.357. The molecule has 0 amide bonds. The first kappa shape index (κ1) is 12.5. The van der Waals surface area contributed by atoms with Crippen LogP contribution in [0.25, 0.3) is 0 Å². The Kier molecular flexibility index (Phi) is 4.23. The Labute approximate surface area is 107 Å². The summed E-state index contributed by atoms with van der Waals surface area (Å²) in [6.07, 6.45) is 3.32. The van der Waals surface area contributed by atoms with Gasteiger partial charge in [-0.25, -0.2) is 9.67 Å². The van der Waals surface area contributed by atoms with Gasteiger partial charge in [0, 0.05) is 13.0 Å². The fourth-order valence-corrected chi connectivity index (χ4v) is 1.89. The second kappa shape index (κ2) is 6.10. The minimum absolute atomic E-state index is 0.173. The largest absolute Gasteiger partial charge is 0.299 e. The number of aromatic nitrogens is 3. The number of ketones is 1. The summed E-state index contributed by atoms with van der Waals surface area (Å²) < 4.78 is 1.81. The van der Waals surface area contributed by atoms with Gasteiger partial charge in [-0.2, -0.15) is 5.10 Å². The van der Waals surface area contributed by atoms with E-state index in [9.17, 15) is 4.79 Å². The smallest absolute Gasteiger partial charge is 0.144 e. The van der Waals surface area contributed by atoms with Gasteiger partial charge >= 0.3 is 0 Å². The molecule has 0 unspecified atom stereocenters. The molecular formula is C14H17N3O. The molecule has 1 aromatic carbocycles. The van der Waals surface area contributed by atoms with E-state index in [4.69, 9.17) is 0 Å². The Balaban J connectivity index is 1.97. The minimum Gasteiger partial charge on any atom is -0.299 e. The summed E-state index contributed by atoms with van der Waals surface area (Å²) in [5.41, 5.74) is 1.05. The van der Waals surface area contributed by atoms with Gasteiger partial charge in [0.05, 0.1) is 6.42 Å². The third-order valence-electron chi connectivity index (χ3n) is 2.73. The van der Waals surface area contributed by atoms with Gasteiger partial charge < -0.3 is 0 Å². The molecule has 18 heavy (non-hydrogen) atoms. The van der Waals surface area contributed by atoms with Crippen molar-refractivity contribution >= 4 is 5.78 Å². The lowest BCUT2D eigenvalue weighted by atomic mass is 10.1. The van der Waals surface area contributed by atoms with Crippen LogP contribution in [-0.4, -0.2) is 20.5 Å². The van der Waals surface area contributed by atoms with E-state index in [-0.39, 0.29) is 5.78 Å². The molecule has 4 heteroatoms. The van der Waals surface area contributed by atoms with Gasteiger partial charge in [-0.15, -0.1) is 0 Å². The Morgan fingerprint density at radius 3 is 2.72 bits per heavy atom. The molecule has 0 bridgehead atoms. The van der Waals surface area contributed by atoms with Crippen LogP contribution in [0.4, 0.5) is 0 Å². The van der Waals surface area contributed by atoms with E-state index in [0.29, 0.717) is 12.8 Å². The van der Waals surface area contributed by atoms with Crippen molar-refractivity contribution in [1.29, 1.82) is 0 Å². The molecule has 0 aliphatic carbocycles. The van der Waals surface area contributed by atoms with E-state index in [2.05, 4.69) is 17.0 Å². The van der Waals surface area contributed by atoms with Crippen molar-refractivity contribution in [1.82, 2.24) is 14.8 Å². The van der Waals surface area contributed by atoms with E-state index in [1.54, 1.807) is 0 Å². The number of aryl methyl sites for hydroxylation is 1. The van der Waals surface area contributed by atoms with Crippen LogP contribution in [0.1, 0.15) is 24.7 Å². The Morgan fingerprint density at radius 2 is 2.00 bits per heavy atom. The van der Waals surface area contributed by atoms with Crippen molar-refractivity contribution in [3.63, 3.8) is 0 Å². The maximum absolute atomic E-state index is 12.0. The molecule has 0 fully saturated rings. The molecule has 94 valence electrons. The zero-order chi connectivity index (χ0) is 12.8. The van der Waals surface area contributed by atoms with Crippen molar-refractivity contribution in [3.05, 3.63) is 48.0 Å². The third-order valence-corrected chi connectivity index (χ3v) is 2.73. The highest BCUT2D eigenvalue weighted by Crippen LogP contribution is 2.04. The number of rotatable bonds is 6. The number of carbonyl (C=O) groups is 1. The number of hydrogen-bond donors (Lipinski definition) is 0. The highest BCUT2D eigenvalue weighted by Gasteiger charge is 2.10. The average molecular weight is 243 g/mol. The highest BCUT2D eigenvalue weighted by atomic mass is 16.1. The molecule has 2 rings (SSSR count). The maximum atomic E-state index is 12.0. The zero-order valence-electron chi connectivity index (χ0n) is 10.5. The second-order valence-corrected chi connectivity index (χ2v) is 4.28. The highest BCUT2D eigenvalue weighted by molar-refractivity contribution is 5.82. The molecule has 0 N–H and O–H groups in total. The van der Waals surface area contributed by atoms with E-state index >= 15 is 0 Å². The van der Waals surface area contributed by atoms with Gasteiger partial charge in [0.2, 0.25) is 0 Å². The molecule has 0 saturated heterocycles. The SMILES string of the molecule is CCCn1ncnc1CC(=O)Cc1ccccc1. The molecule has 0 spiro atoms. The van der Waals surface area contributed by atoms with Crippen molar-refractivity contribution in [2.75, 3.05) is 0 Å². The Bertz CT molecular complexity index is 505. The first-order valence-corrected chi connectivity index (χ1v) is 6.22. The second-order valence-electron chi connectivity index (χ2n) is 4.28. The van der Waals surface area contributed by atoms with Gasteiger partial charge in [-0.1, -0.05) is 37.3 Å². The molecule has 0 saturated carbocycles. The number of carbonyl (C=O) groups excluding carboxylic acids is 1. The van der Waals surface area contributed by atoms with Crippen LogP contribution in [0.15, 0.2) is 36.7 Å². The molecule has 1 aromatic heterocycles. The topological polar surface area (TPSA) is 47.8 Å². The van der Waals surface area contributed by atoms with Crippen molar-refractivity contribution in [2.24, 2.45) is 0 Å². The van der Waals surface area contributed by atoms with E-state index in [1.807, 2.05) is 35.0 Å². The van der Waals surface area contributed by atoms with E-state index < -0.39 is 0 Å². The minimum atomic E-state index is 0.173. The summed E-state index contributed by atoms with van der Waals surface area (Å²) in [6.45, 7) is 2.89. The lowest BCUT2D eigenvalue weighted by molar-refractivity contribution is -0.117. The molecule has 1 heterocycles. The lowest BCUT2D eigenvalue weighted by Crippen LogP contribution is -2.13. The van der Waals surface area contributed by atoms with Crippen LogP contribution in [0.2, 0.25) is 0 Å². The van der Waals surface area contributed by atoms with Gasteiger partial charge in [-0.3, -0.25) is 4.79 Å². The summed E-state index contributed by atoms with van der Waals surface area (Å²) in [7, 11) is 0. The zero-order valence-corrected chi connectivity index (χ0v) is 10.5. The van der Waals surface area contributed by atoms with Crippen molar-refractivity contribution in [2.45, 2.75) is 32.7 Å². The van der Waals surface area contributed by atoms with Gasteiger partial charge in [0.1, 0.15) is 17.9 Å². The maximum Gasteiger partial charge on any atom is 0.144 e. The van der Waals surface area contributed by atoms with Crippen molar-refractivity contribution in [3.8, 4) is 0 Å². The number of hydrogen-bond acceptors (Lipinski definition) is 3. The van der Waals surface area contributed by atoms with E-state index in [0.717, 1.165) is 24.4 Å². The summed E-state index contributed by atoms with van der Waals surface area (Å²) in [5.74, 6) is 0.935. The van der Waals surface area contributed by atoms with Gasteiger partial charge in [0.15, 0.2) is 0 Å².